The van der Waals surface area contributed by atoms with Crippen LogP contribution in [0.3, 0.4) is 0 Å². The van der Waals surface area contributed by atoms with E-state index in [1.807, 2.05) is 18.2 Å². The molecular weight excluding hydrogens is 250 g/mol. The number of fused-ring (bicyclic) bond motifs is 1. The molecule has 5 nitrogen and oxygen atoms in total. The van der Waals surface area contributed by atoms with E-state index in [1.165, 1.54) is 23.5 Å². The minimum Gasteiger partial charge on any atom is -0.258 e. The molecule has 3 rings (SSSR count). The van der Waals surface area contributed by atoms with Gasteiger partial charge in [0.05, 0.1) is 9.62 Å². The Morgan fingerprint density at radius 1 is 1.22 bits per heavy atom. The fourth-order valence-corrected chi connectivity index (χ4v) is 2.57. The fourth-order valence-electron chi connectivity index (χ4n) is 1.64. The molecule has 0 saturated heterocycles. The number of hydrogen-bond acceptors (Lipinski definition) is 5. The molecule has 0 bridgehead atoms. The first kappa shape index (κ1) is 10.8. The summed E-state index contributed by atoms with van der Waals surface area (Å²) in [6, 6.07) is 10.2. The van der Waals surface area contributed by atoms with Crippen LogP contribution >= 0.6 is 11.3 Å². The van der Waals surface area contributed by atoms with Gasteiger partial charge in [-0.15, -0.1) is 11.3 Å². The van der Waals surface area contributed by atoms with Crippen LogP contribution in [0, 0.1) is 10.1 Å². The Bertz CT molecular complexity index is 706. The maximum absolute atomic E-state index is 10.7. The predicted octanol–water partition coefficient (Wildman–Crippen LogP) is 3.27. The third-order valence-corrected chi connectivity index (χ3v) is 3.53. The number of rotatable bonds is 2. The van der Waals surface area contributed by atoms with Gasteiger partial charge in [0.25, 0.3) is 5.69 Å². The molecule has 0 radical (unpaired) electrons. The van der Waals surface area contributed by atoms with Crippen molar-refractivity contribution in [3.05, 3.63) is 52.7 Å². The topological polar surface area (TPSA) is 68.9 Å². The highest BCUT2D eigenvalue weighted by atomic mass is 32.1. The molecule has 3 aromatic rings. The largest absolute Gasteiger partial charge is 0.270 e. The molecular formula is C12H7N3O2S. The standard InChI is InChI=1S/C12H7N3O2S/c16-15(17)9-4-1-3-8(7-9)12-14-11-10(18-12)5-2-6-13-11/h1-7H. The van der Waals surface area contributed by atoms with Gasteiger partial charge in [-0.05, 0) is 12.1 Å². The van der Waals surface area contributed by atoms with Gasteiger partial charge in [-0.25, -0.2) is 9.97 Å². The zero-order valence-corrected chi connectivity index (χ0v) is 9.92. The van der Waals surface area contributed by atoms with Crippen molar-refractivity contribution in [1.29, 1.82) is 0 Å². The lowest BCUT2D eigenvalue weighted by atomic mass is 10.2. The zero-order chi connectivity index (χ0) is 12.5. The third kappa shape index (κ3) is 1.82. The molecule has 1 aromatic carbocycles. The monoisotopic (exact) mass is 257 g/mol. The van der Waals surface area contributed by atoms with Crippen molar-refractivity contribution in [2.24, 2.45) is 0 Å². The molecule has 0 fully saturated rings. The smallest absolute Gasteiger partial charge is 0.258 e. The summed E-state index contributed by atoms with van der Waals surface area (Å²) < 4.78 is 0.971. The maximum atomic E-state index is 10.7. The number of nitro groups is 1. The summed E-state index contributed by atoms with van der Waals surface area (Å²) >= 11 is 1.47. The lowest BCUT2D eigenvalue weighted by molar-refractivity contribution is -0.384. The van der Waals surface area contributed by atoms with Gasteiger partial charge in [0.1, 0.15) is 5.01 Å². The zero-order valence-electron chi connectivity index (χ0n) is 9.11. The Morgan fingerprint density at radius 2 is 2.11 bits per heavy atom. The van der Waals surface area contributed by atoms with Gasteiger partial charge in [0.15, 0.2) is 5.65 Å². The number of non-ortho nitro benzene ring substituents is 1. The molecule has 0 spiro atoms. The summed E-state index contributed by atoms with van der Waals surface area (Å²) in [5.74, 6) is 0. The first-order valence-corrected chi connectivity index (χ1v) is 6.02. The Hall–Kier alpha value is -2.34. The number of thiazole rings is 1. The van der Waals surface area contributed by atoms with Crippen molar-refractivity contribution < 1.29 is 4.92 Å². The minimum atomic E-state index is -0.408. The highest BCUT2D eigenvalue weighted by Gasteiger charge is 2.10. The van der Waals surface area contributed by atoms with Crippen LogP contribution in [0.2, 0.25) is 0 Å². The molecule has 0 aliphatic carbocycles. The molecule has 2 heterocycles. The quantitative estimate of drug-likeness (QED) is 0.522. The molecule has 0 aliphatic heterocycles. The summed E-state index contributed by atoms with van der Waals surface area (Å²) in [5.41, 5.74) is 1.48. The lowest BCUT2D eigenvalue weighted by Crippen LogP contribution is -1.87. The maximum Gasteiger partial charge on any atom is 0.270 e. The first-order valence-electron chi connectivity index (χ1n) is 5.20. The number of aromatic nitrogens is 2. The van der Waals surface area contributed by atoms with Gasteiger partial charge < -0.3 is 0 Å². The average molecular weight is 257 g/mol. The molecule has 0 atom stereocenters. The van der Waals surface area contributed by atoms with Gasteiger partial charge in [-0.2, -0.15) is 0 Å². The van der Waals surface area contributed by atoms with E-state index in [0.29, 0.717) is 5.65 Å². The van der Waals surface area contributed by atoms with Gasteiger partial charge in [0.2, 0.25) is 0 Å². The van der Waals surface area contributed by atoms with Gasteiger partial charge in [0, 0.05) is 23.9 Å². The molecule has 0 saturated carbocycles. The second-order valence-corrected chi connectivity index (χ2v) is 4.68. The molecule has 6 heteroatoms. The van der Waals surface area contributed by atoms with Crippen molar-refractivity contribution in [3.63, 3.8) is 0 Å². The molecule has 2 aromatic heterocycles. The Morgan fingerprint density at radius 3 is 2.89 bits per heavy atom. The predicted molar refractivity (Wildman–Crippen MR) is 69.5 cm³/mol. The fraction of sp³-hybridized carbons (Fsp3) is 0. The lowest BCUT2D eigenvalue weighted by Gasteiger charge is -1.95. The third-order valence-electron chi connectivity index (χ3n) is 2.47. The van der Waals surface area contributed by atoms with Crippen LogP contribution in [0.1, 0.15) is 0 Å². The minimum absolute atomic E-state index is 0.0692. The van der Waals surface area contributed by atoms with E-state index in [4.69, 9.17) is 0 Å². The summed E-state index contributed by atoms with van der Waals surface area (Å²) in [5, 5.41) is 11.5. The van der Waals surface area contributed by atoms with Crippen LogP contribution in [-0.2, 0) is 0 Å². The summed E-state index contributed by atoms with van der Waals surface area (Å²) in [6.07, 6.45) is 1.68. The van der Waals surface area contributed by atoms with Crippen molar-refractivity contribution in [2.45, 2.75) is 0 Å². The van der Waals surface area contributed by atoms with E-state index in [-0.39, 0.29) is 5.69 Å². The average Bonchev–Trinajstić information content (AvgIpc) is 2.82. The van der Waals surface area contributed by atoms with E-state index in [1.54, 1.807) is 12.3 Å². The van der Waals surface area contributed by atoms with Crippen LogP contribution in [0.15, 0.2) is 42.6 Å². The second kappa shape index (κ2) is 4.15. The van der Waals surface area contributed by atoms with Crippen molar-refractivity contribution in [3.8, 4) is 10.6 Å². The van der Waals surface area contributed by atoms with Gasteiger partial charge in [-0.3, -0.25) is 10.1 Å². The number of nitrogens with zero attached hydrogens (tertiary/aromatic N) is 3. The Kier molecular flexibility index (Phi) is 2.49. The van der Waals surface area contributed by atoms with Gasteiger partial charge >= 0.3 is 0 Å². The molecule has 0 aliphatic rings. The van der Waals surface area contributed by atoms with Gasteiger partial charge in [-0.1, -0.05) is 12.1 Å². The van der Waals surface area contributed by atoms with Crippen molar-refractivity contribution in [1.82, 2.24) is 9.97 Å². The number of hydrogen-bond donors (Lipinski definition) is 0. The molecule has 0 N–H and O–H groups in total. The highest BCUT2D eigenvalue weighted by molar-refractivity contribution is 7.21. The van der Waals surface area contributed by atoms with E-state index < -0.39 is 4.92 Å². The number of nitro benzene ring substituents is 1. The number of benzene rings is 1. The van der Waals surface area contributed by atoms with E-state index in [2.05, 4.69) is 9.97 Å². The Labute approximate surface area is 106 Å². The highest BCUT2D eigenvalue weighted by Crippen LogP contribution is 2.30. The van der Waals surface area contributed by atoms with E-state index in [9.17, 15) is 10.1 Å². The van der Waals surface area contributed by atoms with E-state index in [0.717, 1.165) is 15.3 Å². The van der Waals surface area contributed by atoms with Crippen LogP contribution in [0.4, 0.5) is 5.69 Å². The van der Waals surface area contributed by atoms with Crippen LogP contribution in [0.5, 0.6) is 0 Å². The van der Waals surface area contributed by atoms with E-state index >= 15 is 0 Å². The van der Waals surface area contributed by atoms with Crippen LogP contribution < -0.4 is 0 Å². The Balaban J connectivity index is 2.13. The molecule has 18 heavy (non-hydrogen) atoms. The summed E-state index contributed by atoms with van der Waals surface area (Å²) in [7, 11) is 0. The van der Waals surface area contributed by atoms with Crippen LogP contribution in [-0.4, -0.2) is 14.9 Å². The van der Waals surface area contributed by atoms with Crippen molar-refractivity contribution >= 4 is 27.4 Å². The SMILES string of the molecule is O=[N+]([O-])c1cccc(-c2nc3ncccc3s2)c1. The molecule has 0 amide bonds. The molecule has 88 valence electrons. The first-order chi connectivity index (χ1) is 8.74. The normalized spacial score (nSPS) is 10.7. The van der Waals surface area contributed by atoms with Crippen molar-refractivity contribution in [2.75, 3.05) is 0 Å². The summed E-state index contributed by atoms with van der Waals surface area (Å²) in [4.78, 5) is 18.8. The second-order valence-electron chi connectivity index (χ2n) is 3.65. The van der Waals surface area contributed by atoms with Crippen LogP contribution in [0.25, 0.3) is 20.9 Å². The summed E-state index contributed by atoms with van der Waals surface area (Å²) in [6.45, 7) is 0. The molecule has 0 unspecified atom stereocenters. The number of pyridine rings is 1.